The fourth-order valence-corrected chi connectivity index (χ4v) is 3.10. The third kappa shape index (κ3) is 4.59. The SMILES string of the molecule is N#C/C(=C\c1ccc([N+](=O)[O-])cc1)C(=O)Nc1nc(-c2ccc(Cl)cc2)cs1. The largest absolute Gasteiger partial charge is 0.297 e. The first-order valence-electron chi connectivity index (χ1n) is 7.85. The molecule has 0 saturated heterocycles. The lowest BCUT2D eigenvalue weighted by atomic mass is 10.1. The molecule has 138 valence electrons. The van der Waals surface area contributed by atoms with Crippen LogP contribution in [-0.4, -0.2) is 15.8 Å². The van der Waals surface area contributed by atoms with E-state index in [4.69, 9.17) is 11.6 Å². The number of rotatable bonds is 5. The zero-order valence-electron chi connectivity index (χ0n) is 14.1. The van der Waals surface area contributed by atoms with E-state index in [2.05, 4.69) is 10.3 Å². The standard InChI is InChI=1S/C19H11ClN4O3S/c20-15-5-3-13(4-6-15)17-11-28-19(22-17)23-18(25)14(10-21)9-12-1-7-16(8-2-12)24(26)27/h1-9,11H,(H,22,23,25)/b14-9+. The number of nitrogens with zero attached hydrogens (tertiary/aromatic N) is 3. The summed E-state index contributed by atoms with van der Waals surface area (Å²) in [4.78, 5) is 26.9. The summed E-state index contributed by atoms with van der Waals surface area (Å²) < 4.78 is 0. The highest BCUT2D eigenvalue weighted by molar-refractivity contribution is 7.14. The van der Waals surface area contributed by atoms with Gasteiger partial charge in [-0.2, -0.15) is 5.26 Å². The second-order valence-corrected chi connectivity index (χ2v) is 6.81. The van der Waals surface area contributed by atoms with Crippen molar-refractivity contribution in [1.29, 1.82) is 5.26 Å². The maximum absolute atomic E-state index is 12.4. The summed E-state index contributed by atoms with van der Waals surface area (Å²) in [5.74, 6) is -0.613. The molecule has 0 saturated carbocycles. The summed E-state index contributed by atoms with van der Waals surface area (Å²) in [5.41, 5.74) is 1.81. The predicted molar refractivity (Wildman–Crippen MR) is 108 cm³/mol. The van der Waals surface area contributed by atoms with Gasteiger partial charge in [0, 0.05) is 28.1 Å². The molecule has 0 aliphatic rings. The molecule has 2 aromatic carbocycles. The number of nitro benzene ring substituents is 1. The number of carbonyl (C=O) groups excluding carboxylic acids is 1. The van der Waals surface area contributed by atoms with Crippen LogP contribution < -0.4 is 5.32 Å². The predicted octanol–water partition coefficient (Wildman–Crippen LogP) is 4.92. The minimum absolute atomic E-state index is 0.0716. The number of amides is 1. The van der Waals surface area contributed by atoms with Gasteiger partial charge in [-0.1, -0.05) is 23.7 Å². The number of aromatic nitrogens is 1. The lowest BCUT2D eigenvalue weighted by Gasteiger charge is -2.01. The molecular weight excluding hydrogens is 400 g/mol. The van der Waals surface area contributed by atoms with Crippen molar-refractivity contribution < 1.29 is 9.72 Å². The van der Waals surface area contributed by atoms with Gasteiger partial charge in [-0.15, -0.1) is 11.3 Å². The third-order valence-corrected chi connectivity index (χ3v) is 4.65. The second kappa shape index (κ2) is 8.43. The van der Waals surface area contributed by atoms with Gasteiger partial charge in [0.05, 0.1) is 10.6 Å². The van der Waals surface area contributed by atoms with E-state index in [0.717, 1.165) is 5.56 Å². The molecule has 1 heterocycles. The Hall–Kier alpha value is -3.54. The molecule has 3 rings (SSSR count). The van der Waals surface area contributed by atoms with Crippen molar-refractivity contribution in [2.45, 2.75) is 0 Å². The molecule has 1 N–H and O–H groups in total. The highest BCUT2D eigenvalue weighted by atomic mass is 35.5. The Morgan fingerprint density at radius 1 is 1.21 bits per heavy atom. The Morgan fingerprint density at radius 2 is 1.89 bits per heavy atom. The molecule has 1 amide bonds. The van der Waals surface area contributed by atoms with E-state index < -0.39 is 10.8 Å². The molecule has 3 aromatic rings. The molecule has 0 spiro atoms. The quantitative estimate of drug-likeness (QED) is 0.278. The fraction of sp³-hybridized carbons (Fsp3) is 0. The van der Waals surface area contributed by atoms with Crippen molar-refractivity contribution in [1.82, 2.24) is 4.98 Å². The van der Waals surface area contributed by atoms with Gasteiger partial charge in [0.25, 0.3) is 11.6 Å². The maximum atomic E-state index is 12.4. The monoisotopic (exact) mass is 410 g/mol. The molecule has 7 nitrogen and oxygen atoms in total. The van der Waals surface area contributed by atoms with Crippen LogP contribution in [0.3, 0.4) is 0 Å². The first kappa shape index (κ1) is 19.2. The number of carbonyl (C=O) groups is 1. The van der Waals surface area contributed by atoms with E-state index in [-0.39, 0.29) is 11.3 Å². The number of thiazole rings is 1. The van der Waals surface area contributed by atoms with Gasteiger partial charge in [0.2, 0.25) is 0 Å². The normalized spacial score (nSPS) is 10.9. The van der Waals surface area contributed by atoms with Crippen LogP contribution in [0, 0.1) is 21.4 Å². The number of non-ortho nitro benzene ring substituents is 1. The van der Waals surface area contributed by atoms with E-state index in [9.17, 15) is 20.2 Å². The molecule has 0 aliphatic heterocycles. The summed E-state index contributed by atoms with van der Waals surface area (Å²) in [6.07, 6.45) is 1.35. The van der Waals surface area contributed by atoms with Crippen molar-refractivity contribution in [3.63, 3.8) is 0 Å². The first-order valence-corrected chi connectivity index (χ1v) is 9.11. The Bertz CT molecular complexity index is 1100. The number of nitro groups is 1. The lowest BCUT2D eigenvalue weighted by Crippen LogP contribution is -2.13. The van der Waals surface area contributed by atoms with E-state index in [1.807, 2.05) is 18.2 Å². The topological polar surface area (TPSA) is 109 Å². The second-order valence-electron chi connectivity index (χ2n) is 5.52. The average molecular weight is 411 g/mol. The molecule has 0 unspecified atom stereocenters. The molecule has 0 fully saturated rings. The molecule has 1 aromatic heterocycles. The van der Waals surface area contributed by atoms with E-state index in [0.29, 0.717) is 21.4 Å². The van der Waals surface area contributed by atoms with Crippen LogP contribution in [0.15, 0.2) is 59.5 Å². The van der Waals surface area contributed by atoms with Crippen LogP contribution in [0.25, 0.3) is 17.3 Å². The lowest BCUT2D eigenvalue weighted by molar-refractivity contribution is -0.384. The Balaban J connectivity index is 1.74. The summed E-state index contributed by atoms with van der Waals surface area (Å²) in [7, 11) is 0. The van der Waals surface area contributed by atoms with Gasteiger partial charge in [0.15, 0.2) is 5.13 Å². The van der Waals surface area contributed by atoms with Crippen LogP contribution in [0.5, 0.6) is 0 Å². The Kier molecular flexibility index (Phi) is 5.79. The van der Waals surface area contributed by atoms with E-state index >= 15 is 0 Å². The Labute approximate surface area is 168 Å². The van der Waals surface area contributed by atoms with Gasteiger partial charge in [-0.05, 0) is 35.9 Å². The summed E-state index contributed by atoms with van der Waals surface area (Å²) in [5, 5.41) is 25.3. The molecule has 0 aliphatic carbocycles. The number of benzene rings is 2. The summed E-state index contributed by atoms with van der Waals surface area (Å²) in [6.45, 7) is 0. The van der Waals surface area contributed by atoms with E-state index in [1.165, 1.54) is 41.7 Å². The minimum atomic E-state index is -0.613. The van der Waals surface area contributed by atoms with Crippen molar-refractivity contribution in [3.05, 3.63) is 80.2 Å². The van der Waals surface area contributed by atoms with Gasteiger partial charge >= 0.3 is 0 Å². The molecular formula is C19H11ClN4O3S. The fourth-order valence-electron chi connectivity index (χ4n) is 2.26. The van der Waals surface area contributed by atoms with Gasteiger partial charge in [-0.25, -0.2) is 4.98 Å². The first-order chi connectivity index (χ1) is 13.5. The van der Waals surface area contributed by atoms with Crippen molar-refractivity contribution in [2.75, 3.05) is 5.32 Å². The van der Waals surface area contributed by atoms with Gasteiger partial charge in [-0.3, -0.25) is 20.2 Å². The zero-order valence-corrected chi connectivity index (χ0v) is 15.7. The summed E-state index contributed by atoms with van der Waals surface area (Å²) >= 11 is 7.10. The van der Waals surface area contributed by atoms with Crippen LogP contribution >= 0.6 is 22.9 Å². The zero-order chi connectivity index (χ0) is 20.1. The smallest absolute Gasteiger partial charge is 0.269 e. The number of halogens is 1. The highest BCUT2D eigenvalue weighted by Gasteiger charge is 2.13. The van der Waals surface area contributed by atoms with Crippen molar-refractivity contribution in [3.8, 4) is 17.3 Å². The van der Waals surface area contributed by atoms with Crippen LogP contribution in [0.4, 0.5) is 10.8 Å². The van der Waals surface area contributed by atoms with Gasteiger partial charge in [0.1, 0.15) is 11.6 Å². The molecule has 0 bridgehead atoms. The number of nitrogens with one attached hydrogen (secondary N) is 1. The number of hydrogen-bond donors (Lipinski definition) is 1. The van der Waals surface area contributed by atoms with Crippen molar-refractivity contribution >= 4 is 45.7 Å². The van der Waals surface area contributed by atoms with Crippen molar-refractivity contribution in [2.24, 2.45) is 0 Å². The summed E-state index contributed by atoms with van der Waals surface area (Å²) in [6, 6.07) is 14.5. The number of nitriles is 1. The average Bonchev–Trinajstić information content (AvgIpc) is 3.15. The van der Waals surface area contributed by atoms with Crippen LogP contribution in [-0.2, 0) is 4.79 Å². The van der Waals surface area contributed by atoms with Crippen LogP contribution in [0.1, 0.15) is 5.56 Å². The third-order valence-electron chi connectivity index (χ3n) is 3.64. The molecule has 28 heavy (non-hydrogen) atoms. The number of hydrogen-bond acceptors (Lipinski definition) is 6. The maximum Gasteiger partial charge on any atom is 0.269 e. The molecule has 0 atom stereocenters. The number of anilines is 1. The Morgan fingerprint density at radius 3 is 2.50 bits per heavy atom. The molecule has 0 radical (unpaired) electrons. The van der Waals surface area contributed by atoms with E-state index in [1.54, 1.807) is 17.5 Å². The molecule has 9 heteroatoms. The minimum Gasteiger partial charge on any atom is -0.297 e. The van der Waals surface area contributed by atoms with Gasteiger partial charge < -0.3 is 0 Å². The van der Waals surface area contributed by atoms with Crippen LogP contribution in [0.2, 0.25) is 5.02 Å². The highest BCUT2D eigenvalue weighted by Crippen LogP contribution is 2.26.